The third kappa shape index (κ3) is 5.31. The molecule has 1 fully saturated rings. The molecule has 1 atom stereocenters. The Morgan fingerprint density at radius 1 is 0.909 bits per heavy atom. The fourth-order valence-electron chi connectivity index (χ4n) is 3.67. The Hall–Kier alpha value is -3.88. The van der Waals surface area contributed by atoms with Gasteiger partial charge in [-0.3, -0.25) is 9.59 Å². The summed E-state index contributed by atoms with van der Waals surface area (Å²) < 4.78 is 26.5. The lowest BCUT2D eigenvalue weighted by molar-refractivity contribution is -0.117. The van der Waals surface area contributed by atoms with Gasteiger partial charge in [0.25, 0.3) is 0 Å². The van der Waals surface area contributed by atoms with E-state index in [1.54, 1.807) is 48.4 Å². The van der Waals surface area contributed by atoms with Gasteiger partial charge in [-0.1, -0.05) is 0 Å². The molecule has 33 heavy (non-hydrogen) atoms. The molecule has 3 rings (SSSR count). The zero-order valence-electron chi connectivity index (χ0n) is 19.3. The van der Waals surface area contributed by atoms with Crippen LogP contribution in [0.1, 0.15) is 12.0 Å². The number of rotatable bonds is 9. The van der Waals surface area contributed by atoms with Gasteiger partial charge < -0.3 is 33.9 Å². The summed E-state index contributed by atoms with van der Waals surface area (Å²) in [4.78, 5) is 26.7. The average Bonchev–Trinajstić information content (AvgIpc) is 3.20. The van der Waals surface area contributed by atoms with Gasteiger partial charge in [0.1, 0.15) is 0 Å². The van der Waals surface area contributed by atoms with Gasteiger partial charge in [0.15, 0.2) is 23.0 Å². The van der Waals surface area contributed by atoms with Crippen LogP contribution in [0, 0.1) is 0 Å². The number of carbonyl (C=O) groups is 2. The molecule has 1 aliphatic heterocycles. The lowest BCUT2D eigenvalue weighted by Gasteiger charge is -2.18. The molecule has 9 heteroatoms. The van der Waals surface area contributed by atoms with Crippen LogP contribution in [0.2, 0.25) is 0 Å². The second-order valence-corrected chi connectivity index (χ2v) is 7.25. The third-order valence-electron chi connectivity index (χ3n) is 5.26. The highest BCUT2D eigenvalue weighted by Crippen LogP contribution is 2.38. The van der Waals surface area contributed by atoms with Crippen molar-refractivity contribution in [3.63, 3.8) is 0 Å². The van der Waals surface area contributed by atoms with Gasteiger partial charge in [0.2, 0.25) is 17.6 Å². The minimum atomic E-state index is -0.317. The van der Waals surface area contributed by atoms with Crippen molar-refractivity contribution in [1.29, 1.82) is 0 Å². The van der Waals surface area contributed by atoms with E-state index in [9.17, 15) is 9.59 Å². The molecule has 0 aromatic heterocycles. The van der Waals surface area contributed by atoms with Crippen molar-refractivity contribution < 1.29 is 33.3 Å². The summed E-state index contributed by atoms with van der Waals surface area (Å²) in [5.74, 6) is 2.17. The molecule has 9 nitrogen and oxygen atoms in total. The van der Waals surface area contributed by atoms with Crippen LogP contribution in [-0.4, -0.2) is 59.9 Å². The largest absolute Gasteiger partial charge is 0.493 e. The molecule has 2 aromatic carbocycles. The van der Waals surface area contributed by atoms with E-state index in [1.165, 1.54) is 34.5 Å². The molecule has 176 valence electrons. The second-order valence-electron chi connectivity index (χ2n) is 7.25. The number of carbonyl (C=O) groups excluding carboxylic acids is 2. The molecule has 1 heterocycles. The molecule has 0 aliphatic carbocycles. The number of nitrogens with one attached hydrogen (secondary N) is 1. The first-order valence-electron chi connectivity index (χ1n) is 10.2. The molecule has 2 amide bonds. The minimum Gasteiger partial charge on any atom is -0.493 e. The van der Waals surface area contributed by atoms with Gasteiger partial charge >= 0.3 is 0 Å². The van der Waals surface area contributed by atoms with Gasteiger partial charge in [-0.15, -0.1) is 0 Å². The van der Waals surface area contributed by atoms with E-state index in [4.69, 9.17) is 23.7 Å². The van der Waals surface area contributed by atoms with Gasteiger partial charge in [-0.2, -0.15) is 0 Å². The molecule has 0 spiro atoms. The Morgan fingerprint density at radius 3 is 2.12 bits per heavy atom. The van der Waals surface area contributed by atoms with Crippen LogP contribution < -0.4 is 33.9 Å². The summed E-state index contributed by atoms with van der Waals surface area (Å²) in [6, 6.07) is 8.43. The number of anilines is 1. The van der Waals surface area contributed by atoms with Crippen molar-refractivity contribution in [2.24, 2.45) is 0 Å². The number of methoxy groups -OCH3 is 5. The van der Waals surface area contributed by atoms with E-state index < -0.39 is 0 Å². The smallest absolute Gasteiger partial charge is 0.244 e. The zero-order valence-corrected chi connectivity index (χ0v) is 19.3. The molecule has 0 saturated carbocycles. The van der Waals surface area contributed by atoms with Crippen molar-refractivity contribution in [2.45, 2.75) is 12.5 Å². The van der Waals surface area contributed by atoms with Crippen molar-refractivity contribution in [3.05, 3.63) is 42.0 Å². The Balaban J connectivity index is 1.67. The van der Waals surface area contributed by atoms with Crippen LogP contribution in [-0.2, 0) is 9.59 Å². The highest BCUT2D eigenvalue weighted by molar-refractivity contribution is 5.98. The van der Waals surface area contributed by atoms with Crippen molar-refractivity contribution in [2.75, 3.05) is 47.0 Å². The average molecular weight is 456 g/mol. The predicted octanol–water partition coefficient (Wildman–Crippen LogP) is 2.66. The molecule has 1 N–H and O–H groups in total. The third-order valence-corrected chi connectivity index (χ3v) is 5.26. The Bertz CT molecular complexity index is 1030. The van der Waals surface area contributed by atoms with Gasteiger partial charge in [0.05, 0.1) is 41.6 Å². The van der Waals surface area contributed by atoms with Gasteiger partial charge in [0, 0.05) is 30.8 Å². The van der Waals surface area contributed by atoms with Crippen LogP contribution in [0.4, 0.5) is 5.69 Å². The highest BCUT2D eigenvalue weighted by atomic mass is 16.5. The fraction of sp³-hybridized carbons (Fsp3) is 0.333. The topological polar surface area (TPSA) is 95.6 Å². The monoisotopic (exact) mass is 456 g/mol. The normalized spacial score (nSPS) is 15.5. The summed E-state index contributed by atoms with van der Waals surface area (Å²) in [6.07, 6.45) is 3.25. The number of hydrogen-bond acceptors (Lipinski definition) is 7. The Morgan fingerprint density at radius 2 is 1.55 bits per heavy atom. The molecule has 0 bridgehead atoms. The quantitative estimate of drug-likeness (QED) is 0.580. The number of nitrogens with zero attached hydrogens (tertiary/aromatic N) is 1. The summed E-state index contributed by atoms with van der Waals surface area (Å²) in [7, 11) is 7.67. The molecule has 0 radical (unpaired) electrons. The summed E-state index contributed by atoms with van der Waals surface area (Å²) in [5.41, 5.74) is 1.39. The Kier molecular flexibility index (Phi) is 7.66. The van der Waals surface area contributed by atoms with E-state index in [1.807, 2.05) is 0 Å². The molecular formula is C24H28N2O7. The van der Waals surface area contributed by atoms with Crippen molar-refractivity contribution in [1.82, 2.24) is 5.32 Å². The summed E-state index contributed by atoms with van der Waals surface area (Å²) in [6.45, 7) is 0.359. The predicted molar refractivity (Wildman–Crippen MR) is 124 cm³/mol. The summed E-state index contributed by atoms with van der Waals surface area (Å²) >= 11 is 0. The number of amides is 2. The van der Waals surface area contributed by atoms with Crippen LogP contribution in [0.5, 0.6) is 28.7 Å². The lowest BCUT2D eigenvalue weighted by atomic mass is 10.1. The SMILES string of the molecule is COc1ccc(N2CC(NC(=O)/C=C/c3cc(OC)c(OC)c(OC)c3)CC2=O)cc1OC. The van der Waals surface area contributed by atoms with Crippen molar-refractivity contribution >= 4 is 23.6 Å². The van der Waals surface area contributed by atoms with Gasteiger partial charge in [-0.05, 0) is 35.9 Å². The number of benzene rings is 2. The molecule has 1 saturated heterocycles. The standard InChI is InChI=1S/C24H28N2O7/c1-29-18-8-7-17(13-19(18)30-2)26-14-16(12-23(26)28)25-22(27)9-6-15-10-20(31-3)24(33-5)21(11-15)32-4/h6-11,13,16H,12,14H2,1-5H3,(H,25,27)/b9-6+. The van der Waals surface area contributed by atoms with Crippen LogP contribution >= 0.6 is 0 Å². The zero-order chi connectivity index (χ0) is 24.0. The van der Waals surface area contributed by atoms with Crippen molar-refractivity contribution in [3.8, 4) is 28.7 Å². The first-order valence-corrected chi connectivity index (χ1v) is 10.2. The van der Waals surface area contributed by atoms with E-state index in [0.29, 0.717) is 46.5 Å². The molecular weight excluding hydrogens is 428 g/mol. The maximum Gasteiger partial charge on any atom is 0.244 e. The molecule has 1 aliphatic rings. The second kappa shape index (κ2) is 10.6. The Labute approximate surface area is 192 Å². The minimum absolute atomic E-state index is 0.0823. The summed E-state index contributed by atoms with van der Waals surface area (Å²) in [5, 5.41) is 2.88. The first kappa shape index (κ1) is 23.8. The number of hydrogen-bond donors (Lipinski definition) is 1. The van der Waals surface area contributed by atoms with E-state index in [-0.39, 0.29) is 24.3 Å². The maximum atomic E-state index is 12.5. The van der Waals surface area contributed by atoms with E-state index >= 15 is 0 Å². The van der Waals surface area contributed by atoms with Crippen LogP contribution in [0.15, 0.2) is 36.4 Å². The fourth-order valence-corrected chi connectivity index (χ4v) is 3.67. The lowest BCUT2D eigenvalue weighted by Crippen LogP contribution is -2.36. The van der Waals surface area contributed by atoms with E-state index in [2.05, 4.69) is 5.32 Å². The van der Waals surface area contributed by atoms with Crippen LogP contribution in [0.3, 0.4) is 0 Å². The highest BCUT2D eigenvalue weighted by Gasteiger charge is 2.31. The number of ether oxygens (including phenoxy) is 5. The van der Waals surface area contributed by atoms with E-state index in [0.717, 1.165) is 0 Å². The van der Waals surface area contributed by atoms with Crippen LogP contribution in [0.25, 0.3) is 6.08 Å². The molecule has 2 aromatic rings. The molecule has 1 unspecified atom stereocenters. The maximum absolute atomic E-state index is 12.5. The first-order chi connectivity index (χ1) is 15.9. The van der Waals surface area contributed by atoms with Gasteiger partial charge in [-0.25, -0.2) is 0 Å².